The van der Waals surface area contributed by atoms with E-state index in [1.54, 1.807) is 12.2 Å². The number of rotatable bonds is 2. The molecule has 0 saturated carbocycles. The molecule has 2 atom stereocenters. The van der Waals surface area contributed by atoms with Crippen molar-refractivity contribution in [1.29, 1.82) is 0 Å². The summed E-state index contributed by atoms with van der Waals surface area (Å²) in [5.41, 5.74) is -0.958. The van der Waals surface area contributed by atoms with E-state index in [2.05, 4.69) is 0 Å². The van der Waals surface area contributed by atoms with Gasteiger partial charge in [-0.1, -0.05) is 24.3 Å². The summed E-state index contributed by atoms with van der Waals surface area (Å²) in [6, 6.07) is 0. The van der Waals surface area contributed by atoms with Crippen LogP contribution in [0.15, 0.2) is 24.3 Å². The molecule has 14 heavy (non-hydrogen) atoms. The van der Waals surface area contributed by atoms with Gasteiger partial charge in [-0.3, -0.25) is 9.59 Å². The first-order chi connectivity index (χ1) is 6.65. The van der Waals surface area contributed by atoms with Gasteiger partial charge in [-0.2, -0.15) is 0 Å². The molecule has 0 radical (unpaired) electrons. The number of carbonyl (C=O) groups excluding carboxylic acids is 1. The fourth-order valence-corrected chi connectivity index (χ4v) is 1.96. The van der Waals surface area contributed by atoms with Gasteiger partial charge >= 0.3 is 11.9 Å². The summed E-state index contributed by atoms with van der Waals surface area (Å²) in [6.45, 7) is 0.285. The molecule has 0 amide bonds. The van der Waals surface area contributed by atoms with E-state index in [9.17, 15) is 9.59 Å². The van der Waals surface area contributed by atoms with E-state index in [0.29, 0.717) is 0 Å². The zero-order chi connectivity index (χ0) is 10.2. The van der Waals surface area contributed by atoms with Crippen LogP contribution in [0.5, 0.6) is 0 Å². The van der Waals surface area contributed by atoms with Gasteiger partial charge in [-0.05, 0) is 0 Å². The molecule has 74 valence electrons. The maximum Gasteiger partial charge on any atom is 0.317 e. The quantitative estimate of drug-likeness (QED) is 0.659. The number of esters is 1. The van der Waals surface area contributed by atoms with Gasteiger partial charge in [0.25, 0.3) is 0 Å². The van der Waals surface area contributed by atoms with E-state index in [1.165, 1.54) is 0 Å². The zero-order valence-electron chi connectivity index (χ0n) is 7.47. The van der Waals surface area contributed by atoms with Crippen LogP contribution in [0.1, 0.15) is 6.42 Å². The highest BCUT2D eigenvalue weighted by Crippen LogP contribution is 2.43. The highest BCUT2D eigenvalue weighted by atomic mass is 16.5. The lowest BCUT2D eigenvalue weighted by atomic mass is 9.72. The average molecular weight is 194 g/mol. The fraction of sp³-hybridized carbons (Fsp3) is 0.400. The maximum absolute atomic E-state index is 11.5. The molecule has 1 fully saturated rings. The van der Waals surface area contributed by atoms with Crippen molar-refractivity contribution < 1.29 is 19.4 Å². The molecule has 1 aliphatic carbocycles. The monoisotopic (exact) mass is 194 g/mol. The van der Waals surface area contributed by atoms with Crippen LogP contribution in [-0.2, 0) is 14.3 Å². The van der Waals surface area contributed by atoms with Gasteiger partial charge < -0.3 is 9.84 Å². The molecule has 1 aliphatic heterocycles. The van der Waals surface area contributed by atoms with Crippen molar-refractivity contribution in [1.82, 2.24) is 0 Å². The van der Waals surface area contributed by atoms with Crippen LogP contribution in [0.4, 0.5) is 0 Å². The largest absolute Gasteiger partial charge is 0.481 e. The van der Waals surface area contributed by atoms with Gasteiger partial charge in [0, 0.05) is 5.92 Å². The first-order valence-corrected chi connectivity index (χ1v) is 4.40. The minimum atomic E-state index is -0.978. The Bertz CT molecular complexity index is 342. The molecule has 0 aromatic rings. The van der Waals surface area contributed by atoms with E-state index < -0.39 is 17.4 Å². The SMILES string of the molecule is O=C(O)C[C@]12C=CC=C[C@H]1COC2=O. The molecule has 0 aromatic carbocycles. The molecular formula is C10H10O4. The number of ether oxygens (including phenoxy) is 1. The molecule has 0 spiro atoms. The number of cyclic esters (lactones) is 1. The Labute approximate surface area is 80.9 Å². The number of carboxylic acid groups (broad SMARTS) is 1. The molecule has 2 aliphatic rings. The number of hydrogen-bond acceptors (Lipinski definition) is 3. The average Bonchev–Trinajstić information content (AvgIpc) is 2.44. The number of allylic oxidation sites excluding steroid dienone is 2. The molecule has 0 bridgehead atoms. The van der Waals surface area contributed by atoms with Crippen molar-refractivity contribution in [2.75, 3.05) is 6.61 Å². The molecule has 4 nitrogen and oxygen atoms in total. The summed E-state index contributed by atoms with van der Waals surface area (Å²) in [5.74, 6) is -1.53. The van der Waals surface area contributed by atoms with Crippen LogP contribution in [0, 0.1) is 11.3 Å². The van der Waals surface area contributed by atoms with Gasteiger partial charge in [0.2, 0.25) is 0 Å². The lowest BCUT2D eigenvalue weighted by molar-refractivity contribution is -0.150. The molecule has 1 saturated heterocycles. The second kappa shape index (κ2) is 2.97. The molecule has 4 heteroatoms. The number of carbonyl (C=O) groups is 2. The third-order valence-electron chi connectivity index (χ3n) is 2.73. The van der Waals surface area contributed by atoms with Gasteiger partial charge in [-0.15, -0.1) is 0 Å². The number of aliphatic carboxylic acids is 1. The molecule has 1 N–H and O–H groups in total. The Kier molecular flexibility index (Phi) is 1.91. The Morgan fingerprint density at radius 1 is 1.64 bits per heavy atom. The van der Waals surface area contributed by atoms with E-state index in [1.807, 2.05) is 12.2 Å². The molecule has 1 heterocycles. The van der Waals surface area contributed by atoms with E-state index in [4.69, 9.17) is 9.84 Å². The van der Waals surface area contributed by atoms with Crippen LogP contribution in [0.25, 0.3) is 0 Å². The number of fused-ring (bicyclic) bond motifs is 1. The first-order valence-electron chi connectivity index (χ1n) is 4.40. The Hall–Kier alpha value is -1.58. The summed E-state index contributed by atoms with van der Waals surface area (Å²) in [5, 5.41) is 8.76. The summed E-state index contributed by atoms with van der Waals surface area (Å²) in [4.78, 5) is 22.2. The van der Waals surface area contributed by atoms with Gasteiger partial charge in [0.05, 0.1) is 13.0 Å². The van der Waals surface area contributed by atoms with Crippen molar-refractivity contribution in [2.45, 2.75) is 6.42 Å². The van der Waals surface area contributed by atoms with Gasteiger partial charge in [0.15, 0.2) is 0 Å². The number of hydrogen-bond donors (Lipinski definition) is 1. The van der Waals surface area contributed by atoms with Crippen LogP contribution in [0.3, 0.4) is 0 Å². The smallest absolute Gasteiger partial charge is 0.317 e. The molecule has 2 rings (SSSR count). The maximum atomic E-state index is 11.5. The van der Waals surface area contributed by atoms with Crippen molar-refractivity contribution >= 4 is 11.9 Å². The minimum Gasteiger partial charge on any atom is -0.481 e. The third kappa shape index (κ3) is 1.14. The summed E-state index contributed by atoms with van der Waals surface area (Å²) >= 11 is 0. The van der Waals surface area contributed by atoms with E-state index in [0.717, 1.165) is 0 Å². The lowest BCUT2D eigenvalue weighted by Crippen LogP contribution is -2.34. The van der Waals surface area contributed by atoms with E-state index in [-0.39, 0.29) is 18.9 Å². The second-order valence-electron chi connectivity index (χ2n) is 3.56. The third-order valence-corrected chi connectivity index (χ3v) is 2.73. The minimum absolute atomic E-state index is 0.129. The van der Waals surface area contributed by atoms with E-state index >= 15 is 0 Å². The van der Waals surface area contributed by atoms with Crippen LogP contribution >= 0.6 is 0 Å². The topological polar surface area (TPSA) is 63.6 Å². The predicted octanol–water partition coefficient (Wildman–Crippen LogP) is 0.747. The summed E-state index contributed by atoms with van der Waals surface area (Å²) in [6.07, 6.45) is 6.78. The number of carboxylic acids is 1. The van der Waals surface area contributed by atoms with Crippen molar-refractivity contribution in [3.8, 4) is 0 Å². The lowest BCUT2D eigenvalue weighted by Gasteiger charge is -2.25. The van der Waals surface area contributed by atoms with Crippen LogP contribution in [-0.4, -0.2) is 23.7 Å². The van der Waals surface area contributed by atoms with Crippen LogP contribution in [0.2, 0.25) is 0 Å². The van der Waals surface area contributed by atoms with Crippen LogP contribution < -0.4 is 0 Å². The predicted molar refractivity (Wildman–Crippen MR) is 47.4 cm³/mol. The van der Waals surface area contributed by atoms with Gasteiger partial charge in [0.1, 0.15) is 5.41 Å². The molecule has 0 unspecified atom stereocenters. The normalized spacial score (nSPS) is 34.0. The summed E-state index contributed by atoms with van der Waals surface area (Å²) < 4.78 is 4.90. The first kappa shape index (κ1) is 8.99. The van der Waals surface area contributed by atoms with Crippen molar-refractivity contribution in [3.63, 3.8) is 0 Å². The Balaban J connectivity index is 2.35. The van der Waals surface area contributed by atoms with Crippen molar-refractivity contribution in [3.05, 3.63) is 24.3 Å². The molecule has 0 aromatic heterocycles. The Morgan fingerprint density at radius 2 is 2.43 bits per heavy atom. The fourth-order valence-electron chi connectivity index (χ4n) is 1.96. The highest BCUT2D eigenvalue weighted by Gasteiger charge is 2.51. The zero-order valence-corrected chi connectivity index (χ0v) is 7.47. The summed E-state index contributed by atoms with van der Waals surface area (Å²) in [7, 11) is 0. The standard InChI is InChI=1S/C10H10O4/c11-8(12)5-10-4-2-1-3-7(10)6-14-9(10)13/h1-4,7H,5-6H2,(H,11,12)/t7-,10+/m0/s1. The van der Waals surface area contributed by atoms with Gasteiger partial charge in [-0.25, -0.2) is 0 Å². The second-order valence-corrected chi connectivity index (χ2v) is 3.56. The Morgan fingerprint density at radius 3 is 3.14 bits per heavy atom. The molecular weight excluding hydrogens is 184 g/mol. The highest BCUT2D eigenvalue weighted by molar-refractivity contribution is 5.87. The van der Waals surface area contributed by atoms with Crippen molar-refractivity contribution in [2.24, 2.45) is 11.3 Å².